The molecule has 6 rings (SSSR count). The molecule has 1 fully saturated rings. The average molecular weight is 661 g/mol. The number of rotatable bonds is 13. The van der Waals surface area contributed by atoms with Gasteiger partial charge in [-0.1, -0.05) is 97.1 Å². The summed E-state index contributed by atoms with van der Waals surface area (Å²) >= 11 is 0. The third kappa shape index (κ3) is 8.98. The van der Waals surface area contributed by atoms with Crippen LogP contribution in [-0.2, 0) is 32.2 Å². The summed E-state index contributed by atoms with van der Waals surface area (Å²) < 4.78 is 37.1. The molecule has 250 valence electrons. The fourth-order valence-corrected chi connectivity index (χ4v) is 5.40. The fourth-order valence-electron chi connectivity index (χ4n) is 5.40. The van der Waals surface area contributed by atoms with Gasteiger partial charge in [-0.25, -0.2) is 9.59 Å². The van der Waals surface area contributed by atoms with Crippen molar-refractivity contribution >= 4 is 11.9 Å². The first kappa shape index (κ1) is 33.6. The van der Waals surface area contributed by atoms with Crippen molar-refractivity contribution in [3.05, 3.63) is 168 Å². The number of aliphatic hydroxyl groups excluding tert-OH is 1. The van der Waals surface area contributed by atoms with Crippen LogP contribution in [-0.4, -0.2) is 54.4 Å². The van der Waals surface area contributed by atoms with Gasteiger partial charge in [0.05, 0.1) is 30.9 Å². The predicted molar refractivity (Wildman–Crippen MR) is 180 cm³/mol. The lowest BCUT2D eigenvalue weighted by molar-refractivity contribution is -0.296. The smallest absolute Gasteiger partial charge is 0.343 e. The van der Waals surface area contributed by atoms with Gasteiger partial charge in [0.1, 0.15) is 29.8 Å². The molecule has 5 atom stereocenters. The molecule has 49 heavy (non-hydrogen) atoms. The molecule has 0 bridgehead atoms. The average Bonchev–Trinajstić information content (AvgIpc) is 3.16. The van der Waals surface area contributed by atoms with Crippen LogP contribution >= 0.6 is 0 Å². The van der Waals surface area contributed by atoms with E-state index in [1.807, 2.05) is 66.7 Å². The molecule has 1 heterocycles. The Hall–Kier alpha value is -5.32. The summed E-state index contributed by atoms with van der Waals surface area (Å²) in [6.45, 7) is -0.0503. The fraction of sp³-hybridized carbons (Fsp3) is 0.200. The van der Waals surface area contributed by atoms with Crippen molar-refractivity contribution in [3.63, 3.8) is 0 Å². The molecule has 1 aliphatic rings. The van der Waals surface area contributed by atoms with Crippen LogP contribution in [0.15, 0.2) is 146 Å². The van der Waals surface area contributed by atoms with E-state index in [1.54, 1.807) is 78.9 Å². The van der Waals surface area contributed by atoms with Crippen LogP contribution in [0.3, 0.4) is 0 Å². The standard InChI is InChI=1S/C40H36O9/c41-25-34-35(44-26-28-13-5-1-6-14-28)36(45-27-29-15-7-2-8-16-29)37(49-39(43)31-19-11-4-12-20-31)40(48-34)47-33-23-21-32(22-24-33)46-38(42)30-17-9-3-10-18-30/h1-24,34-37,40-41H,25-27H2. The van der Waals surface area contributed by atoms with Gasteiger partial charge in [-0.3, -0.25) is 0 Å². The van der Waals surface area contributed by atoms with Gasteiger partial charge >= 0.3 is 11.9 Å². The normalized spacial score (nSPS) is 20.2. The highest BCUT2D eigenvalue weighted by molar-refractivity contribution is 5.91. The molecule has 1 saturated heterocycles. The van der Waals surface area contributed by atoms with Crippen LogP contribution in [0.4, 0.5) is 0 Å². The Bertz CT molecular complexity index is 1750. The van der Waals surface area contributed by atoms with Crippen molar-refractivity contribution in [2.45, 2.75) is 43.9 Å². The second-order valence-corrected chi connectivity index (χ2v) is 11.3. The van der Waals surface area contributed by atoms with E-state index in [2.05, 4.69) is 0 Å². The van der Waals surface area contributed by atoms with E-state index in [0.717, 1.165) is 11.1 Å². The first-order valence-electron chi connectivity index (χ1n) is 15.9. The van der Waals surface area contributed by atoms with E-state index < -0.39 is 49.3 Å². The summed E-state index contributed by atoms with van der Waals surface area (Å²) in [6.07, 6.45) is -5.00. The Morgan fingerprint density at radius 3 is 1.55 bits per heavy atom. The molecule has 5 aromatic rings. The van der Waals surface area contributed by atoms with Gasteiger partial charge in [-0.2, -0.15) is 0 Å². The Morgan fingerprint density at radius 2 is 1.02 bits per heavy atom. The molecule has 1 aliphatic heterocycles. The van der Waals surface area contributed by atoms with Crippen LogP contribution in [0.25, 0.3) is 0 Å². The van der Waals surface area contributed by atoms with Crippen LogP contribution in [0, 0.1) is 0 Å². The van der Waals surface area contributed by atoms with E-state index >= 15 is 0 Å². The second kappa shape index (κ2) is 16.7. The molecule has 0 amide bonds. The molecule has 0 spiro atoms. The Balaban J connectivity index is 1.28. The first-order chi connectivity index (χ1) is 24.1. The summed E-state index contributed by atoms with van der Waals surface area (Å²) in [6, 6.07) is 42.8. The number of esters is 2. The number of hydrogen-bond donors (Lipinski definition) is 1. The minimum absolute atomic E-state index is 0.169. The third-order valence-electron chi connectivity index (χ3n) is 7.89. The van der Waals surface area contributed by atoms with Gasteiger partial charge in [0.2, 0.25) is 6.29 Å². The molecule has 0 radical (unpaired) electrons. The number of aliphatic hydroxyl groups is 1. The number of benzene rings is 5. The maximum Gasteiger partial charge on any atom is 0.343 e. The van der Waals surface area contributed by atoms with Crippen molar-refractivity contribution in [1.29, 1.82) is 0 Å². The van der Waals surface area contributed by atoms with E-state index in [1.165, 1.54) is 0 Å². The minimum atomic E-state index is -1.21. The van der Waals surface area contributed by atoms with E-state index in [4.69, 9.17) is 28.4 Å². The highest BCUT2D eigenvalue weighted by Crippen LogP contribution is 2.32. The van der Waals surface area contributed by atoms with E-state index in [9.17, 15) is 14.7 Å². The number of carbonyl (C=O) groups is 2. The lowest BCUT2D eigenvalue weighted by Gasteiger charge is -2.45. The van der Waals surface area contributed by atoms with Crippen LogP contribution in [0.5, 0.6) is 11.5 Å². The monoisotopic (exact) mass is 660 g/mol. The molecule has 5 aromatic carbocycles. The van der Waals surface area contributed by atoms with Crippen molar-refractivity contribution in [2.75, 3.05) is 6.61 Å². The zero-order valence-corrected chi connectivity index (χ0v) is 26.6. The van der Waals surface area contributed by atoms with Gasteiger partial charge in [-0.05, 0) is 59.7 Å². The van der Waals surface area contributed by atoms with E-state index in [-0.39, 0.29) is 13.2 Å². The molecule has 0 saturated carbocycles. The maximum atomic E-state index is 13.5. The summed E-state index contributed by atoms with van der Waals surface area (Å²) in [5.41, 5.74) is 2.55. The Morgan fingerprint density at radius 1 is 0.551 bits per heavy atom. The molecular weight excluding hydrogens is 624 g/mol. The van der Waals surface area contributed by atoms with Crippen molar-refractivity contribution < 1.29 is 43.1 Å². The molecule has 1 N–H and O–H groups in total. The van der Waals surface area contributed by atoms with Crippen LogP contribution < -0.4 is 9.47 Å². The Labute approximate surface area is 284 Å². The third-order valence-corrected chi connectivity index (χ3v) is 7.89. The van der Waals surface area contributed by atoms with Crippen LogP contribution in [0.1, 0.15) is 31.8 Å². The molecule has 9 nitrogen and oxygen atoms in total. The highest BCUT2D eigenvalue weighted by Gasteiger charge is 2.51. The Kier molecular flexibility index (Phi) is 11.4. The molecule has 0 aliphatic carbocycles. The largest absolute Gasteiger partial charge is 0.461 e. The minimum Gasteiger partial charge on any atom is -0.461 e. The SMILES string of the molecule is O=C(Oc1ccc(OC2OC(CO)C(OCc3ccccc3)C(OCc3ccccc3)C2OC(=O)c2ccccc2)cc1)c1ccccc1. The van der Waals surface area contributed by atoms with Crippen molar-refractivity contribution in [3.8, 4) is 11.5 Å². The van der Waals surface area contributed by atoms with Crippen molar-refractivity contribution in [2.24, 2.45) is 0 Å². The molecule has 0 aromatic heterocycles. The van der Waals surface area contributed by atoms with Gasteiger partial charge in [0, 0.05) is 0 Å². The maximum absolute atomic E-state index is 13.5. The summed E-state index contributed by atoms with van der Waals surface area (Å²) in [5.74, 6) is -0.455. The van der Waals surface area contributed by atoms with Gasteiger partial charge in [0.15, 0.2) is 6.10 Å². The first-order valence-corrected chi connectivity index (χ1v) is 15.9. The lowest BCUT2D eigenvalue weighted by Crippen LogP contribution is -2.62. The number of ether oxygens (including phenoxy) is 6. The molecule has 9 heteroatoms. The quantitative estimate of drug-likeness (QED) is 0.113. The zero-order chi connectivity index (χ0) is 33.8. The second-order valence-electron chi connectivity index (χ2n) is 11.3. The topological polar surface area (TPSA) is 110 Å². The van der Waals surface area contributed by atoms with Gasteiger partial charge in [-0.15, -0.1) is 0 Å². The van der Waals surface area contributed by atoms with E-state index in [0.29, 0.717) is 22.6 Å². The van der Waals surface area contributed by atoms with Gasteiger partial charge in [0.25, 0.3) is 0 Å². The molecule has 5 unspecified atom stereocenters. The highest BCUT2D eigenvalue weighted by atomic mass is 16.7. The predicted octanol–water partition coefficient (Wildman–Crippen LogP) is 6.40. The zero-order valence-electron chi connectivity index (χ0n) is 26.6. The summed E-state index contributed by atoms with van der Waals surface area (Å²) in [5, 5.41) is 10.5. The summed E-state index contributed by atoms with van der Waals surface area (Å²) in [4.78, 5) is 26.1. The molecular formula is C40H36O9. The number of hydrogen-bond acceptors (Lipinski definition) is 9. The van der Waals surface area contributed by atoms with Crippen molar-refractivity contribution in [1.82, 2.24) is 0 Å². The summed E-state index contributed by atoms with van der Waals surface area (Å²) in [7, 11) is 0. The number of carbonyl (C=O) groups excluding carboxylic acids is 2. The van der Waals surface area contributed by atoms with Gasteiger partial charge < -0.3 is 33.5 Å². The lowest BCUT2D eigenvalue weighted by atomic mass is 9.97. The van der Waals surface area contributed by atoms with Crippen LogP contribution in [0.2, 0.25) is 0 Å².